The summed E-state index contributed by atoms with van der Waals surface area (Å²) < 4.78 is 5.62. The Balaban J connectivity index is 2.09. The maximum Gasteiger partial charge on any atom is 0.219 e. The normalized spacial score (nSPS) is 12.2. The van der Waals surface area contributed by atoms with Crippen molar-refractivity contribution >= 4 is 23.2 Å². The third-order valence-corrected chi connectivity index (χ3v) is 3.47. The molecule has 0 spiro atoms. The first-order chi connectivity index (χ1) is 9.58. The summed E-state index contributed by atoms with van der Waals surface area (Å²) in [4.78, 5) is 4.25. The van der Waals surface area contributed by atoms with Gasteiger partial charge in [0, 0.05) is 29.4 Å². The van der Waals surface area contributed by atoms with Crippen LogP contribution in [0.1, 0.15) is 18.9 Å². The van der Waals surface area contributed by atoms with Crippen molar-refractivity contribution in [2.75, 3.05) is 0 Å². The molecule has 0 aliphatic heterocycles. The number of rotatable bonds is 5. The van der Waals surface area contributed by atoms with Crippen molar-refractivity contribution in [3.8, 4) is 11.6 Å². The van der Waals surface area contributed by atoms with Crippen LogP contribution in [0.15, 0.2) is 36.5 Å². The number of ether oxygens (including phenoxy) is 1. The standard InChI is InChI=1S/C15H16Cl2N2O/c1-2-12(18)7-10-3-6-15(19-9-10)20-14-8-11(16)4-5-13(14)17/h3-6,8-9,12H,2,7,18H2,1H3. The minimum Gasteiger partial charge on any atom is -0.437 e. The quantitative estimate of drug-likeness (QED) is 0.887. The largest absolute Gasteiger partial charge is 0.437 e. The highest BCUT2D eigenvalue weighted by atomic mass is 35.5. The number of benzene rings is 1. The molecular formula is C15H16Cl2N2O. The smallest absolute Gasteiger partial charge is 0.219 e. The summed E-state index contributed by atoms with van der Waals surface area (Å²) in [5.41, 5.74) is 7.00. The molecule has 0 aliphatic carbocycles. The Morgan fingerprint density at radius 3 is 2.70 bits per heavy atom. The van der Waals surface area contributed by atoms with E-state index in [1.54, 1.807) is 30.5 Å². The first-order valence-electron chi connectivity index (χ1n) is 6.42. The number of nitrogens with two attached hydrogens (primary N) is 1. The van der Waals surface area contributed by atoms with Crippen LogP contribution in [-0.2, 0) is 6.42 Å². The van der Waals surface area contributed by atoms with Gasteiger partial charge in [0.2, 0.25) is 5.88 Å². The van der Waals surface area contributed by atoms with Gasteiger partial charge in [0.25, 0.3) is 0 Å². The molecule has 20 heavy (non-hydrogen) atoms. The van der Waals surface area contributed by atoms with E-state index in [0.29, 0.717) is 21.7 Å². The van der Waals surface area contributed by atoms with E-state index >= 15 is 0 Å². The molecule has 0 saturated carbocycles. The Labute approximate surface area is 128 Å². The SMILES string of the molecule is CCC(N)Cc1ccc(Oc2cc(Cl)ccc2Cl)nc1. The highest BCUT2D eigenvalue weighted by Gasteiger charge is 2.06. The monoisotopic (exact) mass is 310 g/mol. The predicted molar refractivity (Wildman–Crippen MR) is 82.7 cm³/mol. The Hall–Kier alpha value is -1.29. The van der Waals surface area contributed by atoms with Gasteiger partial charge in [0.1, 0.15) is 5.75 Å². The topological polar surface area (TPSA) is 48.1 Å². The molecule has 1 aromatic carbocycles. The van der Waals surface area contributed by atoms with Crippen LogP contribution >= 0.6 is 23.2 Å². The van der Waals surface area contributed by atoms with Crippen LogP contribution in [0.25, 0.3) is 0 Å². The molecule has 0 aliphatic rings. The number of aromatic nitrogens is 1. The molecule has 0 saturated heterocycles. The molecule has 106 valence electrons. The third-order valence-electron chi connectivity index (χ3n) is 2.93. The molecule has 0 bridgehead atoms. The lowest BCUT2D eigenvalue weighted by atomic mass is 10.1. The molecule has 1 heterocycles. The molecule has 2 rings (SSSR count). The van der Waals surface area contributed by atoms with Crippen molar-refractivity contribution in [3.63, 3.8) is 0 Å². The Kier molecular flexibility index (Phi) is 5.24. The first kappa shape index (κ1) is 15.1. The number of hydrogen-bond donors (Lipinski definition) is 1. The van der Waals surface area contributed by atoms with Gasteiger partial charge in [-0.25, -0.2) is 4.98 Å². The van der Waals surface area contributed by atoms with Gasteiger partial charge in [-0.2, -0.15) is 0 Å². The summed E-state index contributed by atoms with van der Waals surface area (Å²) in [7, 11) is 0. The van der Waals surface area contributed by atoms with Crippen LogP contribution in [0, 0.1) is 0 Å². The fourth-order valence-corrected chi connectivity index (χ4v) is 2.03. The molecule has 1 unspecified atom stereocenters. The van der Waals surface area contributed by atoms with Crippen molar-refractivity contribution in [3.05, 3.63) is 52.1 Å². The fraction of sp³-hybridized carbons (Fsp3) is 0.267. The van der Waals surface area contributed by atoms with E-state index < -0.39 is 0 Å². The Morgan fingerprint density at radius 2 is 2.05 bits per heavy atom. The Morgan fingerprint density at radius 1 is 1.25 bits per heavy atom. The zero-order valence-electron chi connectivity index (χ0n) is 11.1. The molecule has 1 aromatic heterocycles. The van der Waals surface area contributed by atoms with Gasteiger partial charge >= 0.3 is 0 Å². The Bertz CT molecular complexity index is 573. The van der Waals surface area contributed by atoms with Gasteiger partial charge in [0.05, 0.1) is 5.02 Å². The summed E-state index contributed by atoms with van der Waals surface area (Å²) in [5, 5.41) is 1.06. The van der Waals surface area contributed by atoms with Gasteiger partial charge in [-0.3, -0.25) is 0 Å². The second kappa shape index (κ2) is 6.93. The van der Waals surface area contributed by atoms with Crippen LogP contribution in [0.3, 0.4) is 0 Å². The average Bonchev–Trinajstić information content (AvgIpc) is 2.45. The van der Waals surface area contributed by atoms with Gasteiger partial charge in [-0.05, 0) is 30.5 Å². The third kappa shape index (κ3) is 4.10. The molecule has 0 fully saturated rings. The summed E-state index contributed by atoms with van der Waals surface area (Å²) >= 11 is 11.9. The number of halogens is 2. The summed E-state index contributed by atoms with van der Waals surface area (Å²) in [6.07, 6.45) is 3.52. The molecular weight excluding hydrogens is 295 g/mol. The second-order valence-corrected chi connectivity index (χ2v) is 5.40. The van der Waals surface area contributed by atoms with E-state index in [1.165, 1.54) is 0 Å². The molecule has 2 N–H and O–H groups in total. The van der Waals surface area contributed by atoms with Crippen molar-refractivity contribution < 1.29 is 4.74 Å². The van der Waals surface area contributed by atoms with Gasteiger partial charge in [-0.1, -0.05) is 36.2 Å². The molecule has 1 atom stereocenters. The lowest BCUT2D eigenvalue weighted by Gasteiger charge is -2.10. The average molecular weight is 311 g/mol. The zero-order chi connectivity index (χ0) is 14.5. The minimum absolute atomic E-state index is 0.158. The lowest BCUT2D eigenvalue weighted by molar-refractivity contribution is 0.462. The van der Waals surface area contributed by atoms with E-state index in [4.69, 9.17) is 33.7 Å². The highest BCUT2D eigenvalue weighted by Crippen LogP contribution is 2.31. The van der Waals surface area contributed by atoms with E-state index in [0.717, 1.165) is 18.4 Å². The van der Waals surface area contributed by atoms with Gasteiger partial charge < -0.3 is 10.5 Å². The molecule has 0 amide bonds. The van der Waals surface area contributed by atoms with E-state index in [1.807, 2.05) is 6.07 Å². The lowest BCUT2D eigenvalue weighted by Crippen LogP contribution is -2.21. The summed E-state index contributed by atoms with van der Waals surface area (Å²) in [5.74, 6) is 0.965. The van der Waals surface area contributed by atoms with Crippen LogP contribution in [0.5, 0.6) is 11.6 Å². The number of nitrogens with zero attached hydrogens (tertiary/aromatic N) is 1. The maximum absolute atomic E-state index is 6.04. The van der Waals surface area contributed by atoms with Crippen LogP contribution in [0.4, 0.5) is 0 Å². The molecule has 3 nitrogen and oxygen atoms in total. The first-order valence-corrected chi connectivity index (χ1v) is 7.17. The zero-order valence-corrected chi connectivity index (χ0v) is 12.7. The van der Waals surface area contributed by atoms with Crippen LogP contribution in [0.2, 0.25) is 10.0 Å². The molecule has 2 aromatic rings. The second-order valence-electron chi connectivity index (χ2n) is 4.55. The predicted octanol–water partition coefficient (Wildman–Crippen LogP) is 4.46. The summed E-state index contributed by atoms with van der Waals surface area (Å²) in [6.45, 7) is 2.07. The van der Waals surface area contributed by atoms with Gasteiger partial charge in [0.15, 0.2) is 0 Å². The van der Waals surface area contributed by atoms with Crippen molar-refractivity contribution in [1.82, 2.24) is 4.98 Å². The summed E-state index contributed by atoms with van der Waals surface area (Å²) in [6, 6.07) is 8.97. The van der Waals surface area contributed by atoms with E-state index in [9.17, 15) is 0 Å². The maximum atomic E-state index is 6.04. The van der Waals surface area contributed by atoms with Crippen molar-refractivity contribution in [2.45, 2.75) is 25.8 Å². The molecule has 5 heteroatoms. The molecule has 0 radical (unpaired) electrons. The highest BCUT2D eigenvalue weighted by molar-refractivity contribution is 6.34. The van der Waals surface area contributed by atoms with Gasteiger partial charge in [-0.15, -0.1) is 0 Å². The van der Waals surface area contributed by atoms with E-state index in [2.05, 4.69) is 11.9 Å². The number of hydrogen-bond acceptors (Lipinski definition) is 3. The number of pyridine rings is 1. The van der Waals surface area contributed by atoms with Crippen LogP contribution in [-0.4, -0.2) is 11.0 Å². The van der Waals surface area contributed by atoms with Crippen molar-refractivity contribution in [1.29, 1.82) is 0 Å². The van der Waals surface area contributed by atoms with E-state index in [-0.39, 0.29) is 6.04 Å². The fourth-order valence-electron chi connectivity index (χ4n) is 1.71. The van der Waals surface area contributed by atoms with Crippen molar-refractivity contribution in [2.24, 2.45) is 5.73 Å². The minimum atomic E-state index is 0.158. The van der Waals surface area contributed by atoms with Crippen LogP contribution < -0.4 is 10.5 Å².